The molecule has 2 fully saturated rings. The fraction of sp³-hybridized carbons (Fsp3) is 0.769. The number of halogens is 1. The Kier molecular flexibility index (Phi) is 9.45. The Bertz CT molecular complexity index is 586. The Morgan fingerprint density at radius 1 is 0.897 bits per heavy atom. The third-order valence-electron chi connectivity index (χ3n) is 6.96. The molecule has 2 nitrogen and oxygen atoms in total. The number of rotatable bonds is 10. The minimum atomic E-state index is -0.0175. The molecule has 29 heavy (non-hydrogen) atoms. The van der Waals surface area contributed by atoms with Crippen molar-refractivity contribution >= 4 is 0 Å². The van der Waals surface area contributed by atoms with E-state index in [-0.39, 0.29) is 12.1 Å². The van der Waals surface area contributed by atoms with E-state index < -0.39 is 0 Å². The molecule has 3 heteroatoms. The predicted octanol–water partition coefficient (Wildman–Crippen LogP) is 7.40. The molecule has 1 saturated carbocycles. The molecule has 0 aromatic heterocycles. The van der Waals surface area contributed by atoms with Crippen LogP contribution in [0.3, 0.4) is 0 Å². The molecule has 1 saturated heterocycles. The summed E-state index contributed by atoms with van der Waals surface area (Å²) in [5.41, 5.74) is 2.06. The minimum absolute atomic E-state index is 0.00575. The molecule has 1 aromatic carbocycles. The van der Waals surface area contributed by atoms with Gasteiger partial charge in [0.15, 0.2) is 6.29 Å². The highest BCUT2D eigenvalue weighted by molar-refractivity contribution is 5.27. The minimum Gasteiger partial charge on any atom is -0.352 e. The van der Waals surface area contributed by atoms with E-state index in [1.807, 2.05) is 6.07 Å². The van der Waals surface area contributed by atoms with Gasteiger partial charge in [-0.3, -0.25) is 0 Å². The Morgan fingerprint density at radius 2 is 1.59 bits per heavy atom. The topological polar surface area (TPSA) is 18.5 Å². The number of unbranched alkanes of at least 4 members (excludes halogenated alkanes) is 4. The Balaban J connectivity index is 1.42. The van der Waals surface area contributed by atoms with Crippen molar-refractivity contribution in [1.29, 1.82) is 0 Å². The van der Waals surface area contributed by atoms with Crippen LogP contribution in [0.1, 0.15) is 102 Å². The lowest BCUT2D eigenvalue weighted by Gasteiger charge is -2.37. The molecule has 1 aromatic rings. The highest BCUT2D eigenvalue weighted by Crippen LogP contribution is 2.39. The maximum absolute atomic E-state index is 14.5. The molecule has 0 bridgehead atoms. The molecule has 0 N–H and O–H groups in total. The maximum Gasteiger partial charge on any atom is 0.160 e. The van der Waals surface area contributed by atoms with Crippen molar-refractivity contribution in [1.82, 2.24) is 0 Å². The van der Waals surface area contributed by atoms with Gasteiger partial charge in [0.2, 0.25) is 0 Å². The molecule has 0 radical (unpaired) electrons. The highest BCUT2D eigenvalue weighted by Gasteiger charge is 2.32. The number of aryl methyl sites for hydroxylation is 1. The second-order valence-electron chi connectivity index (χ2n) is 9.32. The lowest BCUT2D eigenvalue weighted by Crippen LogP contribution is -2.38. The molecule has 1 aliphatic carbocycles. The first-order chi connectivity index (χ1) is 14.2. The van der Waals surface area contributed by atoms with E-state index >= 15 is 0 Å². The summed E-state index contributed by atoms with van der Waals surface area (Å²) in [7, 11) is 0. The third-order valence-corrected chi connectivity index (χ3v) is 6.96. The number of benzene rings is 1. The molecular formula is C26H41FO2. The van der Waals surface area contributed by atoms with Gasteiger partial charge in [-0.05, 0) is 68.1 Å². The van der Waals surface area contributed by atoms with Crippen LogP contribution in [0.4, 0.5) is 4.39 Å². The predicted molar refractivity (Wildman–Crippen MR) is 118 cm³/mol. The van der Waals surface area contributed by atoms with Crippen LogP contribution >= 0.6 is 0 Å². The van der Waals surface area contributed by atoms with Gasteiger partial charge >= 0.3 is 0 Å². The highest BCUT2D eigenvalue weighted by atomic mass is 19.1. The summed E-state index contributed by atoms with van der Waals surface area (Å²) in [5.74, 6) is 1.55. The second-order valence-corrected chi connectivity index (χ2v) is 9.32. The average molecular weight is 405 g/mol. The van der Waals surface area contributed by atoms with Crippen LogP contribution in [-0.4, -0.2) is 19.5 Å². The fourth-order valence-electron chi connectivity index (χ4n) is 4.99. The number of ether oxygens (including phenoxy) is 2. The van der Waals surface area contributed by atoms with E-state index in [0.717, 1.165) is 57.3 Å². The van der Waals surface area contributed by atoms with E-state index in [2.05, 4.69) is 19.9 Å². The van der Waals surface area contributed by atoms with Crippen molar-refractivity contribution < 1.29 is 13.9 Å². The van der Waals surface area contributed by atoms with Gasteiger partial charge in [-0.2, -0.15) is 0 Å². The lowest BCUT2D eigenvalue weighted by molar-refractivity contribution is -0.229. The maximum atomic E-state index is 14.5. The van der Waals surface area contributed by atoms with Crippen molar-refractivity contribution in [2.24, 2.45) is 11.8 Å². The van der Waals surface area contributed by atoms with Crippen LogP contribution in [0.25, 0.3) is 0 Å². The van der Waals surface area contributed by atoms with Crippen molar-refractivity contribution in [3.05, 3.63) is 35.1 Å². The van der Waals surface area contributed by atoms with Gasteiger partial charge in [-0.25, -0.2) is 4.39 Å². The van der Waals surface area contributed by atoms with E-state index in [9.17, 15) is 4.39 Å². The zero-order chi connectivity index (χ0) is 20.5. The Labute approximate surface area is 177 Å². The first-order valence-corrected chi connectivity index (χ1v) is 12.2. The zero-order valence-electron chi connectivity index (χ0n) is 18.6. The van der Waals surface area contributed by atoms with Gasteiger partial charge in [0.1, 0.15) is 5.82 Å². The molecule has 2 aliphatic rings. The van der Waals surface area contributed by atoms with Crippen LogP contribution in [0.15, 0.2) is 18.2 Å². The summed E-state index contributed by atoms with van der Waals surface area (Å²) in [6.07, 6.45) is 13.8. The average Bonchev–Trinajstić information content (AvgIpc) is 2.76. The second kappa shape index (κ2) is 12.1. The van der Waals surface area contributed by atoms with Crippen molar-refractivity contribution in [3.63, 3.8) is 0 Å². The van der Waals surface area contributed by atoms with Crippen LogP contribution in [0.5, 0.6) is 0 Å². The van der Waals surface area contributed by atoms with Crippen molar-refractivity contribution in [2.45, 2.75) is 103 Å². The normalized spacial score (nSPS) is 27.8. The molecule has 3 rings (SSSR count). The standard InChI is InChI=1S/C26H41FO2/c1-3-5-7-9-20-18-28-26(29-19-20)23-14-11-21(12-15-23)24-16-13-22(25(27)17-24)10-8-6-4-2/h13,16-17,20-21,23,26H,3-12,14-15,18-19H2,1-2H3. The van der Waals surface area contributed by atoms with Gasteiger partial charge in [-0.15, -0.1) is 0 Å². The van der Waals surface area contributed by atoms with E-state index in [0.29, 0.717) is 17.8 Å². The molecule has 164 valence electrons. The summed E-state index contributed by atoms with van der Waals surface area (Å²) < 4.78 is 26.7. The van der Waals surface area contributed by atoms with Crippen LogP contribution < -0.4 is 0 Å². The SMILES string of the molecule is CCCCCc1ccc(C2CCC(C3OCC(CCCCC)CO3)CC2)cc1F. The van der Waals surface area contributed by atoms with Gasteiger partial charge in [0.05, 0.1) is 13.2 Å². The largest absolute Gasteiger partial charge is 0.352 e. The number of hydrogen-bond donors (Lipinski definition) is 0. The molecule has 0 spiro atoms. The quantitative estimate of drug-likeness (QED) is 0.378. The number of hydrogen-bond acceptors (Lipinski definition) is 2. The monoisotopic (exact) mass is 404 g/mol. The molecule has 0 unspecified atom stereocenters. The Morgan fingerprint density at radius 3 is 2.24 bits per heavy atom. The summed E-state index contributed by atoms with van der Waals surface area (Å²) in [5, 5.41) is 0. The van der Waals surface area contributed by atoms with Gasteiger partial charge < -0.3 is 9.47 Å². The van der Waals surface area contributed by atoms with Gasteiger partial charge in [0.25, 0.3) is 0 Å². The molecule has 1 heterocycles. The third kappa shape index (κ3) is 6.79. The van der Waals surface area contributed by atoms with Crippen LogP contribution in [0, 0.1) is 17.7 Å². The van der Waals surface area contributed by atoms with E-state index in [1.54, 1.807) is 6.07 Å². The first-order valence-electron chi connectivity index (χ1n) is 12.2. The van der Waals surface area contributed by atoms with E-state index in [4.69, 9.17) is 9.47 Å². The smallest absolute Gasteiger partial charge is 0.160 e. The summed E-state index contributed by atoms with van der Waals surface area (Å²) in [4.78, 5) is 0. The molecule has 1 aliphatic heterocycles. The van der Waals surface area contributed by atoms with Crippen LogP contribution in [0.2, 0.25) is 0 Å². The molecule has 0 atom stereocenters. The van der Waals surface area contributed by atoms with Crippen molar-refractivity contribution in [3.8, 4) is 0 Å². The lowest BCUT2D eigenvalue weighted by atomic mass is 9.78. The zero-order valence-corrected chi connectivity index (χ0v) is 18.6. The van der Waals surface area contributed by atoms with E-state index in [1.165, 1.54) is 44.1 Å². The van der Waals surface area contributed by atoms with Crippen LogP contribution in [-0.2, 0) is 15.9 Å². The summed E-state index contributed by atoms with van der Waals surface area (Å²) in [6.45, 7) is 6.15. The summed E-state index contributed by atoms with van der Waals surface area (Å²) in [6, 6.07) is 6.00. The Hall–Kier alpha value is -0.930. The molecule has 0 amide bonds. The van der Waals surface area contributed by atoms with Gasteiger partial charge in [0, 0.05) is 11.8 Å². The van der Waals surface area contributed by atoms with Crippen molar-refractivity contribution in [2.75, 3.05) is 13.2 Å². The first kappa shape index (κ1) is 22.7. The molecular weight excluding hydrogens is 363 g/mol. The fourth-order valence-corrected chi connectivity index (χ4v) is 4.99. The summed E-state index contributed by atoms with van der Waals surface area (Å²) >= 11 is 0. The van der Waals surface area contributed by atoms with Gasteiger partial charge in [-0.1, -0.05) is 58.1 Å².